The van der Waals surface area contributed by atoms with Crippen molar-refractivity contribution >= 4 is 34.1 Å². The zero-order chi connectivity index (χ0) is 83.0. The molecule has 4 heteroatoms. The molecule has 2 aliphatic heterocycles. The maximum Gasteiger partial charge on any atom is 0.135 e. The summed E-state index contributed by atoms with van der Waals surface area (Å²) in [6, 6.07) is 173. The summed E-state index contributed by atoms with van der Waals surface area (Å²) in [5.41, 5.74) is 44.2. The number of nitrogens with zero attached hydrogens (tertiary/aromatic N) is 2. The lowest BCUT2D eigenvalue weighted by Gasteiger charge is -2.36. The van der Waals surface area contributed by atoms with Gasteiger partial charge in [0.05, 0.1) is 27.9 Å². The van der Waals surface area contributed by atoms with Crippen molar-refractivity contribution in [3.05, 3.63) is 518 Å². The summed E-state index contributed by atoms with van der Waals surface area (Å²) in [6.45, 7) is 0. The highest BCUT2D eigenvalue weighted by Crippen LogP contribution is 2.67. The summed E-state index contributed by atoms with van der Waals surface area (Å²) in [4.78, 5) is 4.97. The molecule has 4 nitrogen and oxygen atoms in total. The van der Waals surface area contributed by atoms with Crippen LogP contribution in [0.25, 0.3) is 134 Å². The normalized spacial score (nSPS) is 13.0. The van der Waals surface area contributed by atoms with Gasteiger partial charge >= 0.3 is 0 Å². The number of hydrogen-bond donors (Lipinski definition) is 0. The number of para-hydroxylation sites is 3. The van der Waals surface area contributed by atoms with E-state index in [1.54, 1.807) is 0 Å². The summed E-state index contributed by atoms with van der Waals surface area (Å²) >= 11 is 0. The molecule has 0 fully saturated rings. The lowest BCUT2D eigenvalue weighted by Crippen LogP contribution is -2.29. The van der Waals surface area contributed by atoms with Crippen LogP contribution in [0.2, 0.25) is 0 Å². The molecular formula is C122H78N2O2. The van der Waals surface area contributed by atoms with Gasteiger partial charge in [0.2, 0.25) is 0 Å². The van der Waals surface area contributed by atoms with Crippen molar-refractivity contribution in [3.8, 4) is 157 Å². The highest BCUT2D eigenvalue weighted by atomic mass is 16.5. The van der Waals surface area contributed by atoms with Crippen LogP contribution in [-0.4, -0.2) is 0 Å². The van der Waals surface area contributed by atoms with Crippen LogP contribution in [0.1, 0.15) is 44.5 Å². The molecule has 2 spiro atoms. The molecule has 0 bridgehead atoms. The van der Waals surface area contributed by atoms with Gasteiger partial charge in [0.25, 0.3) is 0 Å². The van der Waals surface area contributed by atoms with E-state index in [0.717, 1.165) is 113 Å². The molecule has 6 aliphatic rings. The third kappa shape index (κ3) is 10.9. The maximum absolute atomic E-state index is 6.81. The minimum Gasteiger partial charge on any atom is -0.456 e. The molecule has 0 unspecified atom stereocenters. The Labute approximate surface area is 733 Å². The van der Waals surface area contributed by atoms with Gasteiger partial charge in [-0.15, -0.1) is 0 Å². The van der Waals surface area contributed by atoms with Crippen LogP contribution in [0.5, 0.6) is 23.0 Å². The van der Waals surface area contributed by atoms with Crippen LogP contribution in [0.3, 0.4) is 0 Å². The van der Waals surface area contributed by atoms with Crippen LogP contribution >= 0.6 is 0 Å². The lowest BCUT2D eigenvalue weighted by molar-refractivity contribution is 0.487. The number of rotatable bonds is 8. The Morgan fingerprint density at radius 1 is 0.143 bits per heavy atom. The number of benzene rings is 20. The number of anilines is 6. The average molecular weight is 1600 g/mol. The zero-order valence-corrected chi connectivity index (χ0v) is 68.7. The van der Waals surface area contributed by atoms with Crippen molar-refractivity contribution in [1.29, 1.82) is 0 Å². The fourth-order valence-corrected chi connectivity index (χ4v) is 21.9. The molecule has 0 saturated heterocycles. The highest BCUT2D eigenvalue weighted by molar-refractivity contribution is 6.07. The summed E-state index contributed by atoms with van der Waals surface area (Å²) in [6.07, 6.45) is 0. The second-order valence-corrected chi connectivity index (χ2v) is 33.4. The molecule has 20 aromatic carbocycles. The van der Waals surface area contributed by atoms with Gasteiger partial charge in [-0.2, -0.15) is 0 Å². The quantitative estimate of drug-likeness (QED) is 0.151. The van der Waals surface area contributed by atoms with E-state index in [2.05, 4.69) is 471 Å². The van der Waals surface area contributed by atoms with Gasteiger partial charge in [-0.25, -0.2) is 0 Å². The molecule has 26 rings (SSSR count). The number of fused-ring (bicyclic) bond motifs is 34. The standard InChI is InChI=1S/2C61H39NO/c1-2-19-40(20-3-1)42-21-11-16-34-56(42)62(41-37-38-59-51(39-41)46-25-7-6-24-45(46)49-28-12-17-36-58(49)63-59)57-35-18-33-55-60(57)50-29-10-15-32-54(50)61(55)52-30-13-8-26-47(52)43-22-4-5-23-44(43)48-27-9-14-31-53(48)61;1-2-17-40(18-3-1)41-33-35-42(36-34-41)62(43-37-38-59-52(39-43)47-22-7-6-21-46(47)50-25-11-15-32-58(50)63-59)57-31-16-30-56-60(57)51-26-10-14-29-55(51)61(56)53-27-12-8-23-48(53)44-19-4-5-20-45(44)49-24-9-13-28-54(49)61/h2*1-39H. The molecule has 0 N–H and O–H groups in total. The van der Waals surface area contributed by atoms with Crippen molar-refractivity contribution in [2.75, 3.05) is 9.80 Å². The van der Waals surface area contributed by atoms with Crippen molar-refractivity contribution < 1.29 is 9.47 Å². The molecule has 588 valence electrons. The Morgan fingerprint density at radius 2 is 0.397 bits per heavy atom. The summed E-state index contributed by atoms with van der Waals surface area (Å²) in [7, 11) is 0. The molecule has 0 atom stereocenters. The van der Waals surface area contributed by atoms with Crippen LogP contribution in [0.15, 0.2) is 473 Å². The fraction of sp³-hybridized carbons (Fsp3) is 0.0164. The van der Waals surface area contributed by atoms with E-state index >= 15 is 0 Å². The minimum absolute atomic E-state index is 0.594. The first-order valence-corrected chi connectivity index (χ1v) is 43.5. The SMILES string of the molecule is c1ccc(-c2ccc(N(c3ccc4c(c3)-c3ccccc3-c3ccccc3O4)c3cccc4c3-c3ccccc3C43c4ccccc4-c4ccccc4-c4ccccc43)cc2)cc1.c1ccc(-c2ccccc2N(c2ccc3c(c2)-c2ccccc2-c2ccccc2O3)c2cccc3c2-c2ccccc2C32c3ccccc3-c3ccccc3-c3ccccc32)cc1. The summed E-state index contributed by atoms with van der Waals surface area (Å²) in [5.74, 6) is 3.39. The van der Waals surface area contributed by atoms with Gasteiger partial charge < -0.3 is 19.3 Å². The van der Waals surface area contributed by atoms with Crippen LogP contribution in [0.4, 0.5) is 34.1 Å². The molecule has 126 heavy (non-hydrogen) atoms. The van der Waals surface area contributed by atoms with E-state index in [1.165, 1.54) is 122 Å². The van der Waals surface area contributed by atoms with E-state index in [4.69, 9.17) is 9.47 Å². The van der Waals surface area contributed by atoms with E-state index in [-0.39, 0.29) is 0 Å². The van der Waals surface area contributed by atoms with Gasteiger partial charge in [0.1, 0.15) is 23.0 Å². The molecule has 20 aromatic rings. The summed E-state index contributed by atoms with van der Waals surface area (Å²) in [5, 5.41) is 0. The van der Waals surface area contributed by atoms with Crippen molar-refractivity contribution in [3.63, 3.8) is 0 Å². The van der Waals surface area contributed by atoms with Crippen LogP contribution in [-0.2, 0) is 10.8 Å². The molecular weight excluding hydrogens is 1530 g/mol. The van der Waals surface area contributed by atoms with E-state index in [0.29, 0.717) is 0 Å². The van der Waals surface area contributed by atoms with Crippen molar-refractivity contribution in [1.82, 2.24) is 0 Å². The monoisotopic (exact) mass is 1600 g/mol. The molecule has 4 aliphatic carbocycles. The number of hydrogen-bond acceptors (Lipinski definition) is 4. The van der Waals surface area contributed by atoms with Gasteiger partial charge in [-0.3, -0.25) is 0 Å². The van der Waals surface area contributed by atoms with Crippen molar-refractivity contribution in [2.24, 2.45) is 0 Å². The largest absolute Gasteiger partial charge is 0.456 e. The smallest absolute Gasteiger partial charge is 0.135 e. The van der Waals surface area contributed by atoms with E-state index in [9.17, 15) is 0 Å². The Bertz CT molecular complexity index is 7680. The van der Waals surface area contributed by atoms with Crippen LogP contribution < -0.4 is 19.3 Å². The Kier molecular flexibility index (Phi) is 16.8. The molecule has 0 saturated carbocycles. The predicted octanol–water partition coefficient (Wildman–Crippen LogP) is 32.5. The van der Waals surface area contributed by atoms with E-state index < -0.39 is 10.8 Å². The van der Waals surface area contributed by atoms with Gasteiger partial charge in [0.15, 0.2) is 0 Å². The lowest BCUT2D eigenvalue weighted by atomic mass is 9.66. The topological polar surface area (TPSA) is 24.9 Å². The Hall–Kier alpha value is -16.4. The molecule has 2 heterocycles. The number of ether oxygens (including phenoxy) is 2. The molecule has 0 radical (unpaired) electrons. The Morgan fingerprint density at radius 3 is 0.802 bits per heavy atom. The molecule has 0 amide bonds. The second-order valence-electron chi connectivity index (χ2n) is 33.4. The van der Waals surface area contributed by atoms with Crippen LogP contribution in [0, 0.1) is 0 Å². The van der Waals surface area contributed by atoms with Gasteiger partial charge in [0, 0.05) is 56.0 Å². The zero-order valence-electron chi connectivity index (χ0n) is 68.7. The fourth-order valence-electron chi connectivity index (χ4n) is 21.9. The van der Waals surface area contributed by atoms with Crippen molar-refractivity contribution in [2.45, 2.75) is 10.8 Å². The minimum atomic E-state index is -0.606. The molecule has 0 aromatic heterocycles. The first kappa shape index (κ1) is 72.4. The van der Waals surface area contributed by atoms with E-state index in [1.807, 2.05) is 12.1 Å². The predicted molar refractivity (Wildman–Crippen MR) is 518 cm³/mol. The second kappa shape index (κ2) is 29.2. The first-order chi connectivity index (χ1) is 62.6. The summed E-state index contributed by atoms with van der Waals surface area (Å²) < 4.78 is 13.6. The maximum atomic E-state index is 6.81. The van der Waals surface area contributed by atoms with Gasteiger partial charge in [-0.05, 0) is 218 Å². The highest BCUT2D eigenvalue weighted by Gasteiger charge is 2.53. The average Bonchev–Trinajstić information content (AvgIpc) is 1.52. The van der Waals surface area contributed by atoms with Gasteiger partial charge in [-0.1, -0.05) is 394 Å². The third-order valence-corrected chi connectivity index (χ3v) is 27.0. The first-order valence-electron chi connectivity index (χ1n) is 43.5. The third-order valence-electron chi connectivity index (χ3n) is 27.0. The Balaban J connectivity index is 0.000000137.